The lowest BCUT2D eigenvalue weighted by Crippen LogP contribution is -2.07. The van der Waals surface area contributed by atoms with Crippen molar-refractivity contribution in [2.45, 2.75) is 13.5 Å². The van der Waals surface area contributed by atoms with Crippen molar-refractivity contribution in [2.75, 3.05) is 0 Å². The summed E-state index contributed by atoms with van der Waals surface area (Å²) >= 11 is 0. The molecule has 0 aliphatic heterocycles. The summed E-state index contributed by atoms with van der Waals surface area (Å²) in [7, 11) is 0. The van der Waals surface area contributed by atoms with Crippen molar-refractivity contribution in [1.29, 1.82) is 0 Å². The Hall–Kier alpha value is -2.13. The van der Waals surface area contributed by atoms with Crippen LogP contribution in [0.2, 0.25) is 0 Å². The van der Waals surface area contributed by atoms with Crippen LogP contribution in [0, 0.1) is 6.92 Å². The van der Waals surface area contributed by atoms with Gasteiger partial charge in [-0.2, -0.15) is 0 Å². The molecule has 0 fully saturated rings. The zero-order chi connectivity index (χ0) is 12.5. The summed E-state index contributed by atoms with van der Waals surface area (Å²) in [6, 6.07) is 16.4. The highest BCUT2D eigenvalue weighted by Gasteiger charge is 2.11. The summed E-state index contributed by atoms with van der Waals surface area (Å²) in [5.74, 6) is 0.894. The Labute approximate surface area is 106 Å². The summed E-state index contributed by atoms with van der Waals surface area (Å²) in [6.07, 6.45) is 0. The van der Waals surface area contributed by atoms with Gasteiger partial charge in [-0.3, -0.25) is 4.57 Å². The third-order valence-corrected chi connectivity index (χ3v) is 3.17. The molecule has 1 heterocycles. The summed E-state index contributed by atoms with van der Waals surface area (Å²) < 4.78 is 2.14. The number of para-hydroxylation sites is 3. The normalized spacial score (nSPS) is 11.0. The first-order chi connectivity index (χ1) is 8.81. The molecule has 2 N–H and O–H groups in total. The Morgan fingerprint density at radius 2 is 1.78 bits per heavy atom. The molecule has 3 aromatic rings. The molecule has 0 bridgehead atoms. The minimum atomic E-state index is 0.434. The van der Waals surface area contributed by atoms with Gasteiger partial charge in [-0.15, -0.1) is 0 Å². The van der Waals surface area contributed by atoms with Crippen LogP contribution in [0.15, 0.2) is 48.5 Å². The molecule has 0 saturated heterocycles. The molecule has 18 heavy (non-hydrogen) atoms. The second kappa shape index (κ2) is 4.27. The number of imidazole rings is 1. The molecule has 0 aliphatic carbocycles. The van der Waals surface area contributed by atoms with Crippen LogP contribution < -0.4 is 5.73 Å². The van der Waals surface area contributed by atoms with Crippen LogP contribution in [0.25, 0.3) is 16.7 Å². The van der Waals surface area contributed by atoms with Crippen molar-refractivity contribution in [3.63, 3.8) is 0 Å². The van der Waals surface area contributed by atoms with Crippen LogP contribution in [-0.4, -0.2) is 9.55 Å². The number of nitrogens with zero attached hydrogens (tertiary/aromatic N) is 2. The Morgan fingerprint density at radius 1 is 1.06 bits per heavy atom. The summed E-state index contributed by atoms with van der Waals surface area (Å²) in [4.78, 5) is 4.59. The zero-order valence-electron chi connectivity index (χ0n) is 10.3. The van der Waals surface area contributed by atoms with E-state index in [1.165, 1.54) is 5.56 Å². The van der Waals surface area contributed by atoms with Gasteiger partial charge < -0.3 is 5.73 Å². The molecule has 0 aliphatic rings. The molecule has 3 nitrogen and oxygen atoms in total. The number of benzene rings is 2. The fourth-order valence-corrected chi connectivity index (χ4v) is 2.30. The average Bonchev–Trinajstić information content (AvgIpc) is 2.78. The van der Waals surface area contributed by atoms with Crippen LogP contribution in [0.1, 0.15) is 11.4 Å². The molecule has 2 aromatic carbocycles. The number of rotatable bonds is 2. The highest BCUT2D eigenvalue weighted by molar-refractivity contribution is 5.78. The molecule has 0 atom stereocenters. The van der Waals surface area contributed by atoms with Crippen LogP contribution in [0.4, 0.5) is 0 Å². The van der Waals surface area contributed by atoms with Gasteiger partial charge in [0.2, 0.25) is 0 Å². The van der Waals surface area contributed by atoms with Crippen molar-refractivity contribution >= 4 is 11.0 Å². The van der Waals surface area contributed by atoms with Crippen molar-refractivity contribution < 1.29 is 0 Å². The van der Waals surface area contributed by atoms with Crippen LogP contribution in [0.5, 0.6) is 0 Å². The summed E-state index contributed by atoms with van der Waals surface area (Å²) in [5.41, 5.74) is 10.3. The smallest absolute Gasteiger partial charge is 0.128 e. The Bertz CT molecular complexity index is 698. The molecule has 0 amide bonds. The van der Waals surface area contributed by atoms with E-state index in [4.69, 9.17) is 5.73 Å². The van der Waals surface area contributed by atoms with E-state index in [1.54, 1.807) is 0 Å². The van der Waals surface area contributed by atoms with Gasteiger partial charge in [0.15, 0.2) is 0 Å². The first-order valence-electron chi connectivity index (χ1n) is 6.03. The Balaban J connectivity index is 2.37. The number of aryl methyl sites for hydroxylation is 1. The molecule has 3 heteroatoms. The van der Waals surface area contributed by atoms with Gasteiger partial charge in [-0.05, 0) is 30.7 Å². The minimum absolute atomic E-state index is 0.434. The van der Waals surface area contributed by atoms with Crippen LogP contribution >= 0.6 is 0 Å². The molecular formula is C15H15N3. The maximum Gasteiger partial charge on any atom is 0.128 e. The monoisotopic (exact) mass is 237 g/mol. The predicted octanol–water partition coefficient (Wildman–Crippen LogP) is 2.79. The molecule has 3 rings (SSSR count). The molecular weight excluding hydrogens is 222 g/mol. The second-order valence-corrected chi connectivity index (χ2v) is 4.34. The standard InChI is InChI=1S/C15H15N3/c1-11-6-2-4-8-13(11)18-14-9-5-3-7-12(14)17-15(18)10-16/h2-9H,10,16H2,1H3. The van der Waals surface area contributed by atoms with E-state index in [9.17, 15) is 0 Å². The Morgan fingerprint density at radius 3 is 2.56 bits per heavy atom. The summed E-state index contributed by atoms with van der Waals surface area (Å²) in [5, 5.41) is 0. The fraction of sp³-hybridized carbons (Fsp3) is 0.133. The van der Waals surface area contributed by atoms with E-state index >= 15 is 0 Å². The number of fused-ring (bicyclic) bond motifs is 1. The number of hydrogen-bond acceptors (Lipinski definition) is 2. The quantitative estimate of drug-likeness (QED) is 0.744. The van der Waals surface area contributed by atoms with Crippen molar-refractivity contribution in [3.05, 3.63) is 59.9 Å². The van der Waals surface area contributed by atoms with E-state index in [2.05, 4.69) is 34.7 Å². The van der Waals surface area contributed by atoms with Gasteiger partial charge in [0, 0.05) is 0 Å². The van der Waals surface area contributed by atoms with Crippen LogP contribution in [-0.2, 0) is 6.54 Å². The first kappa shape index (κ1) is 11.0. The maximum absolute atomic E-state index is 5.82. The molecule has 90 valence electrons. The van der Waals surface area contributed by atoms with Gasteiger partial charge in [0.1, 0.15) is 5.82 Å². The van der Waals surface area contributed by atoms with E-state index in [-0.39, 0.29) is 0 Å². The van der Waals surface area contributed by atoms with Gasteiger partial charge in [-0.25, -0.2) is 4.98 Å². The Kier molecular flexibility index (Phi) is 2.61. The van der Waals surface area contributed by atoms with Crippen LogP contribution in [0.3, 0.4) is 0 Å². The summed E-state index contributed by atoms with van der Waals surface area (Å²) in [6.45, 7) is 2.54. The maximum atomic E-state index is 5.82. The van der Waals surface area contributed by atoms with Gasteiger partial charge in [0.25, 0.3) is 0 Å². The van der Waals surface area contributed by atoms with Gasteiger partial charge in [-0.1, -0.05) is 30.3 Å². The first-order valence-corrected chi connectivity index (χ1v) is 6.03. The predicted molar refractivity (Wildman–Crippen MR) is 73.7 cm³/mol. The molecule has 1 aromatic heterocycles. The number of nitrogens with two attached hydrogens (primary N) is 1. The largest absolute Gasteiger partial charge is 0.324 e. The van der Waals surface area contributed by atoms with E-state index in [1.807, 2.05) is 30.3 Å². The van der Waals surface area contributed by atoms with Crippen molar-refractivity contribution in [3.8, 4) is 5.69 Å². The van der Waals surface area contributed by atoms with Gasteiger partial charge >= 0.3 is 0 Å². The topological polar surface area (TPSA) is 43.8 Å². The third kappa shape index (κ3) is 1.60. The van der Waals surface area contributed by atoms with Crippen molar-refractivity contribution in [2.24, 2.45) is 5.73 Å². The lowest BCUT2D eigenvalue weighted by molar-refractivity contribution is 0.878. The molecule has 0 radical (unpaired) electrons. The van der Waals surface area contributed by atoms with Crippen molar-refractivity contribution in [1.82, 2.24) is 9.55 Å². The fourth-order valence-electron chi connectivity index (χ4n) is 2.30. The number of hydrogen-bond donors (Lipinski definition) is 1. The molecule has 0 spiro atoms. The number of aromatic nitrogens is 2. The molecule has 0 unspecified atom stereocenters. The lowest BCUT2D eigenvalue weighted by Gasteiger charge is -2.10. The van der Waals surface area contributed by atoms with E-state index in [0.717, 1.165) is 22.5 Å². The molecule has 0 saturated carbocycles. The SMILES string of the molecule is Cc1ccccc1-n1c(CN)nc2ccccc21. The highest BCUT2D eigenvalue weighted by Crippen LogP contribution is 2.23. The third-order valence-electron chi connectivity index (χ3n) is 3.17. The van der Waals surface area contributed by atoms with E-state index < -0.39 is 0 Å². The average molecular weight is 237 g/mol. The second-order valence-electron chi connectivity index (χ2n) is 4.34. The van der Waals surface area contributed by atoms with E-state index in [0.29, 0.717) is 6.54 Å². The zero-order valence-corrected chi connectivity index (χ0v) is 10.3. The highest BCUT2D eigenvalue weighted by atomic mass is 15.1. The minimum Gasteiger partial charge on any atom is -0.324 e. The van der Waals surface area contributed by atoms with Gasteiger partial charge in [0.05, 0.1) is 23.3 Å². The lowest BCUT2D eigenvalue weighted by atomic mass is 10.2.